The molecule has 0 saturated carbocycles. The van der Waals surface area contributed by atoms with Gasteiger partial charge in [-0.15, -0.1) is 11.3 Å². The van der Waals surface area contributed by atoms with Crippen LogP contribution < -0.4 is 10.6 Å². The quantitative estimate of drug-likeness (QED) is 0.685. The van der Waals surface area contributed by atoms with E-state index in [-0.39, 0.29) is 12.6 Å². The summed E-state index contributed by atoms with van der Waals surface area (Å²) in [7, 11) is 0. The summed E-state index contributed by atoms with van der Waals surface area (Å²) in [6.45, 7) is 3.56. The van der Waals surface area contributed by atoms with Gasteiger partial charge in [-0.3, -0.25) is 0 Å². The second-order valence-electron chi connectivity index (χ2n) is 5.47. The van der Waals surface area contributed by atoms with E-state index in [1.807, 2.05) is 17.5 Å². The Bertz CT molecular complexity index is 824. The van der Waals surface area contributed by atoms with E-state index in [2.05, 4.69) is 15.6 Å². The maximum Gasteiger partial charge on any atom is 0.319 e. The molecule has 7 heteroatoms. The zero-order valence-corrected chi connectivity index (χ0v) is 13.6. The maximum atomic E-state index is 12.0. The molecule has 2 heterocycles. The Balaban J connectivity index is 1.62. The standard InChI is InChI=1S/C16H17N3O3S/c1-10-18-12-8-11(5-6-13(12)22-10)19-15(20)17-9-16(2,21)14-4-3-7-23-14/h3-8,21H,9H2,1-2H3,(H2,17,19,20)/t16-/m1/s1. The van der Waals surface area contributed by atoms with Crippen LogP contribution in [0.1, 0.15) is 17.7 Å². The molecule has 2 aromatic heterocycles. The van der Waals surface area contributed by atoms with E-state index in [9.17, 15) is 9.90 Å². The van der Waals surface area contributed by atoms with Crippen molar-refractivity contribution in [2.75, 3.05) is 11.9 Å². The van der Waals surface area contributed by atoms with E-state index in [0.29, 0.717) is 22.7 Å². The first-order valence-electron chi connectivity index (χ1n) is 7.12. The molecule has 0 unspecified atom stereocenters. The van der Waals surface area contributed by atoms with E-state index in [1.165, 1.54) is 11.3 Å². The summed E-state index contributed by atoms with van der Waals surface area (Å²) in [5, 5.41) is 17.7. The molecule has 0 bridgehead atoms. The summed E-state index contributed by atoms with van der Waals surface area (Å²) in [5.74, 6) is 0.577. The van der Waals surface area contributed by atoms with Gasteiger partial charge in [0.1, 0.15) is 11.1 Å². The van der Waals surface area contributed by atoms with Gasteiger partial charge in [0, 0.05) is 17.5 Å². The summed E-state index contributed by atoms with van der Waals surface area (Å²) in [5.41, 5.74) is 0.873. The maximum absolute atomic E-state index is 12.0. The van der Waals surface area contributed by atoms with Crippen LogP contribution in [0.4, 0.5) is 10.5 Å². The highest BCUT2D eigenvalue weighted by atomic mass is 32.1. The van der Waals surface area contributed by atoms with Crippen molar-refractivity contribution in [2.45, 2.75) is 19.4 Å². The van der Waals surface area contributed by atoms with Crippen LogP contribution in [0.3, 0.4) is 0 Å². The number of anilines is 1. The van der Waals surface area contributed by atoms with Crippen LogP contribution in [0.5, 0.6) is 0 Å². The Morgan fingerprint density at radius 3 is 3.00 bits per heavy atom. The van der Waals surface area contributed by atoms with Crippen molar-refractivity contribution in [3.63, 3.8) is 0 Å². The molecule has 0 spiro atoms. The molecule has 23 heavy (non-hydrogen) atoms. The fourth-order valence-electron chi connectivity index (χ4n) is 2.22. The zero-order valence-electron chi connectivity index (χ0n) is 12.8. The topological polar surface area (TPSA) is 87.4 Å². The molecule has 1 aromatic carbocycles. The summed E-state index contributed by atoms with van der Waals surface area (Å²) in [4.78, 5) is 17.0. The van der Waals surface area contributed by atoms with Gasteiger partial charge >= 0.3 is 6.03 Å². The number of aromatic nitrogens is 1. The van der Waals surface area contributed by atoms with Crippen molar-refractivity contribution in [3.8, 4) is 0 Å². The number of benzene rings is 1. The monoisotopic (exact) mass is 331 g/mol. The first-order valence-corrected chi connectivity index (χ1v) is 8.00. The number of thiophene rings is 1. The highest BCUT2D eigenvalue weighted by molar-refractivity contribution is 7.10. The number of fused-ring (bicyclic) bond motifs is 1. The fraction of sp³-hybridized carbons (Fsp3) is 0.250. The van der Waals surface area contributed by atoms with Gasteiger partial charge in [0.15, 0.2) is 11.5 Å². The predicted molar refractivity (Wildman–Crippen MR) is 89.7 cm³/mol. The normalized spacial score (nSPS) is 13.7. The van der Waals surface area contributed by atoms with Crippen LogP contribution >= 0.6 is 11.3 Å². The average Bonchev–Trinajstić information content (AvgIpc) is 3.13. The van der Waals surface area contributed by atoms with Crippen LogP contribution in [-0.2, 0) is 5.60 Å². The lowest BCUT2D eigenvalue weighted by molar-refractivity contribution is 0.0637. The van der Waals surface area contributed by atoms with Crippen molar-refractivity contribution >= 4 is 34.2 Å². The molecule has 0 radical (unpaired) electrons. The summed E-state index contributed by atoms with van der Waals surface area (Å²) < 4.78 is 5.39. The molecule has 0 aliphatic carbocycles. The lowest BCUT2D eigenvalue weighted by Gasteiger charge is -2.22. The molecule has 1 atom stereocenters. The van der Waals surface area contributed by atoms with E-state index >= 15 is 0 Å². The van der Waals surface area contributed by atoms with E-state index in [0.717, 1.165) is 4.88 Å². The van der Waals surface area contributed by atoms with Crippen molar-refractivity contribution in [1.29, 1.82) is 0 Å². The van der Waals surface area contributed by atoms with Gasteiger partial charge in [-0.05, 0) is 36.6 Å². The number of oxazole rings is 1. The molecule has 0 aliphatic heterocycles. The molecule has 120 valence electrons. The number of aliphatic hydroxyl groups is 1. The number of rotatable bonds is 4. The predicted octanol–water partition coefficient (Wildman–Crippen LogP) is 3.23. The van der Waals surface area contributed by atoms with Gasteiger partial charge < -0.3 is 20.2 Å². The molecule has 6 nitrogen and oxygen atoms in total. The second-order valence-corrected chi connectivity index (χ2v) is 6.42. The second kappa shape index (κ2) is 6.02. The summed E-state index contributed by atoms with van der Waals surface area (Å²) in [6.07, 6.45) is 0. The van der Waals surface area contributed by atoms with Crippen molar-refractivity contribution in [2.24, 2.45) is 0 Å². The average molecular weight is 331 g/mol. The van der Waals surface area contributed by atoms with E-state index in [4.69, 9.17) is 4.42 Å². The van der Waals surface area contributed by atoms with Crippen LogP contribution in [0.2, 0.25) is 0 Å². The minimum Gasteiger partial charge on any atom is -0.441 e. The van der Waals surface area contributed by atoms with Crippen LogP contribution in [-0.4, -0.2) is 22.7 Å². The molecular weight excluding hydrogens is 314 g/mol. The summed E-state index contributed by atoms with van der Waals surface area (Å²) in [6, 6.07) is 8.55. The van der Waals surface area contributed by atoms with Gasteiger partial charge in [-0.1, -0.05) is 6.07 Å². The van der Waals surface area contributed by atoms with Crippen LogP contribution in [0, 0.1) is 6.92 Å². The Hall–Kier alpha value is -2.38. The lowest BCUT2D eigenvalue weighted by Crippen LogP contribution is -2.40. The summed E-state index contributed by atoms with van der Waals surface area (Å²) >= 11 is 1.45. The van der Waals surface area contributed by atoms with Crippen LogP contribution in [0.15, 0.2) is 40.1 Å². The number of hydrogen-bond acceptors (Lipinski definition) is 5. The van der Waals surface area contributed by atoms with Gasteiger partial charge in [0.25, 0.3) is 0 Å². The lowest BCUT2D eigenvalue weighted by atomic mass is 10.1. The first-order chi connectivity index (χ1) is 10.9. The number of carbonyl (C=O) groups excluding carboxylic acids is 1. The van der Waals surface area contributed by atoms with E-state index < -0.39 is 5.60 Å². The van der Waals surface area contributed by atoms with Crippen molar-refractivity contribution in [1.82, 2.24) is 10.3 Å². The molecule has 3 N–H and O–H groups in total. The largest absolute Gasteiger partial charge is 0.441 e. The number of nitrogens with one attached hydrogen (secondary N) is 2. The molecule has 0 aliphatic rings. The number of carbonyl (C=O) groups is 1. The molecule has 3 aromatic rings. The SMILES string of the molecule is Cc1nc2cc(NC(=O)NC[C@@](C)(O)c3cccs3)ccc2o1. The Labute approximate surface area is 137 Å². The molecule has 3 rings (SSSR count). The highest BCUT2D eigenvalue weighted by Gasteiger charge is 2.24. The number of nitrogens with zero attached hydrogens (tertiary/aromatic N) is 1. The van der Waals surface area contributed by atoms with Gasteiger partial charge in [0.05, 0.1) is 6.54 Å². The Morgan fingerprint density at radius 1 is 1.43 bits per heavy atom. The van der Waals surface area contributed by atoms with Gasteiger partial charge in [0.2, 0.25) is 0 Å². The van der Waals surface area contributed by atoms with Gasteiger partial charge in [-0.25, -0.2) is 9.78 Å². The number of hydrogen-bond donors (Lipinski definition) is 3. The highest BCUT2D eigenvalue weighted by Crippen LogP contribution is 2.24. The fourth-order valence-corrected chi connectivity index (χ4v) is 3.01. The third kappa shape index (κ3) is 3.52. The minimum atomic E-state index is -1.10. The smallest absolute Gasteiger partial charge is 0.319 e. The van der Waals surface area contributed by atoms with Crippen LogP contribution in [0.25, 0.3) is 11.1 Å². The third-order valence-electron chi connectivity index (χ3n) is 3.40. The molecular formula is C16H17N3O3S. The first kappa shape index (κ1) is 15.5. The van der Waals surface area contributed by atoms with Crippen molar-refractivity contribution in [3.05, 3.63) is 46.5 Å². The number of aryl methyl sites for hydroxylation is 1. The van der Waals surface area contributed by atoms with Crippen molar-refractivity contribution < 1.29 is 14.3 Å². The Morgan fingerprint density at radius 2 is 2.26 bits per heavy atom. The number of urea groups is 1. The minimum absolute atomic E-state index is 0.116. The molecule has 0 fully saturated rings. The number of amides is 2. The third-order valence-corrected chi connectivity index (χ3v) is 4.52. The Kier molecular flexibility index (Phi) is 4.06. The van der Waals surface area contributed by atoms with E-state index in [1.54, 1.807) is 32.0 Å². The molecule has 2 amide bonds. The van der Waals surface area contributed by atoms with Gasteiger partial charge in [-0.2, -0.15) is 0 Å². The molecule has 0 saturated heterocycles. The zero-order chi connectivity index (χ0) is 16.4.